The number of hydrogen-bond acceptors (Lipinski definition) is 1. The molecule has 0 amide bonds. The molecule has 2 heterocycles. The summed E-state index contributed by atoms with van der Waals surface area (Å²) in [7, 11) is 0. The molecule has 3 aromatic carbocycles. The molecule has 0 aliphatic carbocycles. The van der Waals surface area contributed by atoms with Gasteiger partial charge in [0.05, 0.1) is 0 Å². The second-order valence-corrected chi connectivity index (χ2v) is 29.9. The summed E-state index contributed by atoms with van der Waals surface area (Å²) in [6, 6.07) is 23.0. The zero-order valence-electron chi connectivity index (χ0n) is 18.8. The molecule has 0 saturated heterocycles. The Morgan fingerprint density at radius 1 is 0.833 bits per heavy atom. The Bertz CT molecular complexity index is 1310. The third kappa shape index (κ3) is 3.01. The van der Waals surface area contributed by atoms with Crippen LogP contribution in [0.3, 0.4) is 0 Å². The molecule has 1 aromatic heterocycles. The first-order chi connectivity index (χ1) is 14.2. The van der Waals surface area contributed by atoms with Gasteiger partial charge in [0, 0.05) is 0 Å². The zero-order valence-corrected chi connectivity index (χ0v) is 23.0. The van der Waals surface area contributed by atoms with Crippen LogP contribution >= 0.6 is 0 Å². The van der Waals surface area contributed by atoms with Gasteiger partial charge in [-0.05, 0) is 0 Å². The third-order valence-corrected chi connectivity index (χ3v) is 18.4. The van der Waals surface area contributed by atoms with Gasteiger partial charge in [-0.2, -0.15) is 0 Å². The van der Waals surface area contributed by atoms with Crippen molar-refractivity contribution in [2.24, 2.45) is 0 Å². The number of pyridine rings is 1. The predicted molar refractivity (Wildman–Crippen MR) is 137 cm³/mol. The third-order valence-electron chi connectivity index (χ3n) is 6.77. The van der Waals surface area contributed by atoms with E-state index in [4.69, 9.17) is 4.98 Å². The molecule has 3 heteroatoms. The first-order valence-electron chi connectivity index (χ1n) is 10.8. The minimum absolute atomic E-state index is 1.21. The van der Waals surface area contributed by atoms with Gasteiger partial charge in [0.2, 0.25) is 0 Å². The van der Waals surface area contributed by atoms with E-state index in [2.05, 4.69) is 96.4 Å². The molecule has 1 aliphatic heterocycles. The van der Waals surface area contributed by atoms with Crippen molar-refractivity contribution in [3.05, 3.63) is 72.4 Å². The van der Waals surface area contributed by atoms with Crippen LogP contribution in [0.1, 0.15) is 5.56 Å². The number of fused-ring (bicyclic) bond motifs is 4. The molecule has 0 saturated carbocycles. The number of aryl methyl sites for hydroxylation is 1. The molecular formula is C27H29Ge2N. The van der Waals surface area contributed by atoms with Gasteiger partial charge in [-0.3, -0.25) is 0 Å². The molecule has 0 unspecified atom stereocenters. The number of rotatable bonds is 2. The van der Waals surface area contributed by atoms with Gasteiger partial charge in [0.1, 0.15) is 0 Å². The number of hydrogen-bond donors (Lipinski definition) is 0. The summed E-state index contributed by atoms with van der Waals surface area (Å²) in [5, 5.41) is 2.63. The SMILES string of the molecule is Cc1cc(-c2nccc3[c]2[Ge]([CH3])([CH3])[c]2c[c]([Ge]([CH3])([CH3])[CH3])ccc2-3)cc2ccccc12. The molecule has 150 valence electrons. The Balaban J connectivity index is 1.76. The van der Waals surface area contributed by atoms with E-state index in [1.807, 2.05) is 6.20 Å². The van der Waals surface area contributed by atoms with E-state index in [0.717, 1.165) is 0 Å². The van der Waals surface area contributed by atoms with Crippen molar-refractivity contribution in [1.29, 1.82) is 0 Å². The Hall–Kier alpha value is -1.84. The first kappa shape index (κ1) is 20.1. The second kappa shape index (κ2) is 6.83. The van der Waals surface area contributed by atoms with Crippen LogP contribution in [0.5, 0.6) is 0 Å². The Labute approximate surface area is 185 Å². The van der Waals surface area contributed by atoms with Gasteiger partial charge >= 0.3 is 186 Å². The molecule has 0 atom stereocenters. The molecule has 0 spiro atoms. The number of aromatic nitrogens is 1. The van der Waals surface area contributed by atoms with Crippen LogP contribution in [0, 0.1) is 6.92 Å². The molecule has 0 bridgehead atoms. The Kier molecular flexibility index (Phi) is 4.57. The van der Waals surface area contributed by atoms with Crippen LogP contribution < -0.4 is 13.2 Å². The molecule has 1 aliphatic rings. The number of benzene rings is 3. The van der Waals surface area contributed by atoms with E-state index in [0.29, 0.717) is 0 Å². The molecule has 1 nitrogen and oxygen atoms in total. The van der Waals surface area contributed by atoms with Crippen molar-refractivity contribution in [2.75, 3.05) is 0 Å². The van der Waals surface area contributed by atoms with Crippen molar-refractivity contribution >= 4 is 50.5 Å². The fourth-order valence-electron chi connectivity index (χ4n) is 5.07. The monoisotopic (exact) mass is 515 g/mol. The fraction of sp³-hybridized carbons (Fsp3) is 0.222. The summed E-state index contributed by atoms with van der Waals surface area (Å²) in [6.07, 6.45) is 2.02. The van der Waals surface area contributed by atoms with Gasteiger partial charge in [-0.25, -0.2) is 0 Å². The van der Waals surface area contributed by atoms with Crippen molar-refractivity contribution in [1.82, 2.24) is 4.98 Å². The second-order valence-electron chi connectivity index (χ2n) is 10.2. The van der Waals surface area contributed by atoms with E-state index in [1.54, 1.807) is 13.2 Å². The van der Waals surface area contributed by atoms with Crippen LogP contribution in [-0.2, 0) is 0 Å². The van der Waals surface area contributed by atoms with Crippen molar-refractivity contribution in [2.45, 2.75) is 35.7 Å². The molecule has 0 fully saturated rings. The van der Waals surface area contributed by atoms with Gasteiger partial charge in [0.15, 0.2) is 0 Å². The van der Waals surface area contributed by atoms with Crippen molar-refractivity contribution in [3.8, 4) is 22.4 Å². The number of nitrogens with zero attached hydrogens (tertiary/aromatic N) is 1. The summed E-state index contributed by atoms with van der Waals surface area (Å²) < 4.78 is 4.83. The van der Waals surface area contributed by atoms with Crippen molar-refractivity contribution < 1.29 is 0 Å². The maximum absolute atomic E-state index is 4.98. The summed E-state index contributed by atoms with van der Waals surface area (Å²) in [5.74, 6) is 12.6. The summed E-state index contributed by atoms with van der Waals surface area (Å²) >= 11 is -4.33. The van der Waals surface area contributed by atoms with E-state index in [-0.39, 0.29) is 0 Å². The van der Waals surface area contributed by atoms with Crippen LogP contribution in [-0.4, -0.2) is 31.5 Å². The van der Waals surface area contributed by atoms with Crippen molar-refractivity contribution in [3.63, 3.8) is 0 Å². The molecule has 4 aromatic rings. The molecular weight excluding hydrogens is 484 g/mol. The van der Waals surface area contributed by atoms with Crippen LogP contribution in [0.2, 0.25) is 28.8 Å². The van der Waals surface area contributed by atoms with Gasteiger partial charge in [0.25, 0.3) is 0 Å². The predicted octanol–water partition coefficient (Wildman–Crippen LogP) is 5.56. The van der Waals surface area contributed by atoms with Crippen LogP contribution in [0.4, 0.5) is 0 Å². The average molecular weight is 513 g/mol. The van der Waals surface area contributed by atoms with Crippen LogP contribution in [0.25, 0.3) is 33.2 Å². The van der Waals surface area contributed by atoms with Gasteiger partial charge < -0.3 is 0 Å². The molecule has 30 heavy (non-hydrogen) atoms. The maximum atomic E-state index is 4.98. The fourth-order valence-corrected chi connectivity index (χ4v) is 15.2. The summed E-state index contributed by atoms with van der Waals surface area (Å²) in [6.45, 7) is 2.22. The van der Waals surface area contributed by atoms with E-state index in [1.165, 1.54) is 38.7 Å². The first-order valence-corrected chi connectivity index (χ1v) is 24.5. The van der Waals surface area contributed by atoms with E-state index >= 15 is 0 Å². The summed E-state index contributed by atoms with van der Waals surface area (Å²) in [5.41, 5.74) is 6.70. The van der Waals surface area contributed by atoms with E-state index < -0.39 is 26.5 Å². The molecule has 0 radical (unpaired) electrons. The summed E-state index contributed by atoms with van der Waals surface area (Å²) in [4.78, 5) is 4.98. The quantitative estimate of drug-likeness (QED) is 0.321. The normalized spacial score (nSPS) is 14.6. The van der Waals surface area contributed by atoms with Gasteiger partial charge in [-0.15, -0.1) is 0 Å². The molecule has 5 rings (SSSR count). The minimum atomic E-state index is -2.46. The molecule has 0 N–H and O–H groups in total. The standard InChI is InChI=1S/C27H29Ge2N/c1-18-15-20(16-19-9-7-8-10-22(18)19)27-26-24(13-14-30-27)23-12-11-21(28(2,3)4)17-25(23)29(26,5)6/h7-17H,1-6H3. The Morgan fingerprint density at radius 2 is 1.60 bits per heavy atom. The average Bonchev–Trinajstić information content (AvgIpc) is 2.94. The zero-order chi connectivity index (χ0) is 21.3. The van der Waals surface area contributed by atoms with E-state index in [9.17, 15) is 0 Å². The topological polar surface area (TPSA) is 12.9 Å². The van der Waals surface area contributed by atoms with Crippen LogP contribution in [0.15, 0.2) is 66.9 Å². The Morgan fingerprint density at radius 3 is 2.37 bits per heavy atom. The van der Waals surface area contributed by atoms with Gasteiger partial charge in [-0.1, -0.05) is 0 Å².